The number of rotatable bonds is 6. The van der Waals surface area contributed by atoms with E-state index in [9.17, 15) is 4.79 Å². The summed E-state index contributed by atoms with van der Waals surface area (Å²) in [5.41, 5.74) is 0. The molecule has 0 saturated carbocycles. The van der Waals surface area contributed by atoms with Gasteiger partial charge in [-0.3, -0.25) is 0 Å². The molecule has 0 radical (unpaired) electrons. The Hall–Kier alpha value is -1.72. The molecule has 1 aromatic rings. The molecule has 19 heavy (non-hydrogen) atoms. The van der Waals surface area contributed by atoms with Crippen molar-refractivity contribution in [3.05, 3.63) is 19.0 Å². The lowest BCUT2D eigenvalue weighted by molar-refractivity contribution is 0.102. The number of hydrogen-bond donors (Lipinski definition) is 0. The minimum absolute atomic E-state index is 0.162. The zero-order valence-corrected chi connectivity index (χ0v) is 12.1. The molecule has 0 aliphatic heterocycles. The van der Waals surface area contributed by atoms with Gasteiger partial charge in [0.2, 0.25) is 0 Å². The Bertz CT molecular complexity index is 276. The van der Waals surface area contributed by atoms with Gasteiger partial charge in [0.25, 0.3) is 0 Å². The van der Waals surface area contributed by atoms with Gasteiger partial charge in [-0.25, -0.2) is 19.7 Å². The molecule has 1 aromatic heterocycles. The Kier molecular flexibility index (Phi) is 11.6. The van der Waals surface area contributed by atoms with E-state index in [0.717, 1.165) is 32.4 Å². The quantitative estimate of drug-likeness (QED) is 0.793. The van der Waals surface area contributed by atoms with Crippen molar-refractivity contribution in [1.82, 2.24) is 19.9 Å². The van der Waals surface area contributed by atoms with Gasteiger partial charge in [-0.2, -0.15) is 0 Å². The fourth-order valence-electron chi connectivity index (χ4n) is 1.32. The number of carbonyl (C=O) groups excluding carboxylic acids is 1. The Labute approximate surface area is 115 Å². The van der Waals surface area contributed by atoms with Gasteiger partial charge in [0, 0.05) is 13.1 Å². The lowest BCUT2D eigenvalue weighted by Gasteiger charge is -2.20. The van der Waals surface area contributed by atoms with Gasteiger partial charge in [0.15, 0.2) is 0 Å². The first-order valence-corrected chi connectivity index (χ1v) is 6.72. The fraction of sp³-hybridized carbons (Fsp3) is 0.692. The predicted molar refractivity (Wildman–Crippen MR) is 73.6 cm³/mol. The molecule has 108 valence electrons. The second-order valence-corrected chi connectivity index (χ2v) is 3.90. The lowest BCUT2D eigenvalue weighted by Crippen LogP contribution is -2.33. The molecule has 0 spiro atoms. The van der Waals surface area contributed by atoms with Crippen LogP contribution >= 0.6 is 0 Å². The van der Waals surface area contributed by atoms with Gasteiger partial charge < -0.3 is 9.64 Å². The van der Waals surface area contributed by atoms with Crippen LogP contribution in [-0.2, 0) is 4.74 Å². The molecule has 6 nitrogen and oxygen atoms in total. The molecule has 1 amide bonds. The molecule has 0 fully saturated rings. The summed E-state index contributed by atoms with van der Waals surface area (Å²) in [4.78, 5) is 23.8. The molecule has 0 atom stereocenters. The van der Waals surface area contributed by atoms with Crippen LogP contribution in [0.5, 0.6) is 0 Å². The van der Waals surface area contributed by atoms with Crippen molar-refractivity contribution in [2.45, 2.75) is 40.0 Å². The molecule has 1 heterocycles. The third-order valence-corrected chi connectivity index (χ3v) is 2.07. The van der Waals surface area contributed by atoms with E-state index in [2.05, 4.69) is 28.8 Å². The first-order valence-electron chi connectivity index (χ1n) is 6.72. The Morgan fingerprint density at radius 1 is 0.947 bits per heavy atom. The van der Waals surface area contributed by atoms with Crippen LogP contribution in [0.4, 0.5) is 4.79 Å². The average molecular weight is 268 g/mol. The van der Waals surface area contributed by atoms with Gasteiger partial charge in [-0.1, -0.05) is 20.8 Å². The van der Waals surface area contributed by atoms with Gasteiger partial charge in [0.1, 0.15) is 19.0 Å². The summed E-state index contributed by atoms with van der Waals surface area (Å²) < 4.78 is 5.05. The topological polar surface area (TPSA) is 68.2 Å². The summed E-state index contributed by atoms with van der Waals surface area (Å²) in [6.45, 7) is 8.26. The zero-order valence-electron chi connectivity index (χ0n) is 12.1. The first-order chi connectivity index (χ1) is 9.26. The summed E-state index contributed by atoms with van der Waals surface area (Å²) in [7, 11) is 0. The average Bonchev–Trinajstić information content (AvgIpc) is 2.47. The number of hydrogen-bond acceptors (Lipinski definition) is 5. The number of amides is 1. The number of nitrogens with zero attached hydrogens (tertiary/aromatic N) is 4. The molecule has 0 aromatic carbocycles. The van der Waals surface area contributed by atoms with E-state index in [1.807, 2.05) is 6.92 Å². The summed E-state index contributed by atoms with van der Waals surface area (Å²) in [6, 6.07) is 0. The van der Waals surface area contributed by atoms with Crippen LogP contribution in [0.2, 0.25) is 0 Å². The van der Waals surface area contributed by atoms with Crippen LogP contribution in [0, 0.1) is 0 Å². The summed E-state index contributed by atoms with van der Waals surface area (Å²) in [5, 5.41) is 0. The SMILES string of the molecule is CCCOC(=O)N(CCC)CCC.c1ncncn1. The van der Waals surface area contributed by atoms with E-state index < -0.39 is 0 Å². The van der Waals surface area contributed by atoms with Crippen molar-refractivity contribution in [3.8, 4) is 0 Å². The molecular formula is C13H24N4O2. The molecule has 0 unspecified atom stereocenters. The van der Waals surface area contributed by atoms with Crippen LogP contribution in [0.1, 0.15) is 40.0 Å². The van der Waals surface area contributed by atoms with Crippen LogP contribution < -0.4 is 0 Å². The molecule has 0 aliphatic carbocycles. The van der Waals surface area contributed by atoms with E-state index in [0.29, 0.717) is 6.61 Å². The minimum atomic E-state index is -0.162. The Balaban J connectivity index is 0.000000443. The maximum absolute atomic E-state index is 11.4. The molecule has 0 aliphatic rings. The summed E-state index contributed by atoms with van der Waals surface area (Å²) in [6.07, 6.45) is 7.01. The highest BCUT2D eigenvalue weighted by molar-refractivity contribution is 5.67. The van der Waals surface area contributed by atoms with Gasteiger partial charge in [-0.15, -0.1) is 0 Å². The molecule has 0 saturated heterocycles. The van der Waals surface area contributed by atoms with Crippen molar-refractivity contribution in [3.63, 3.8) is 0 Å². The van der Waals surface area contributed by atoms with Crippen molar-refractivity contribution in [2.24, 2.45) is 0 Å². The molecule has 1 rings (SSSR count). The van der Waals surface area contributed by atoms with Crippen LogP contribution in [-0.4, -0.2) is 45.6 Å². The second kappa shape index (κ2) is 12.7. The van der Waals surface area contributed by atoms with E-state index in [1.54, 1.807) is 4.90 Å². The standard InChI is InChI=1S/C10H21NO2.C3H3N3/c1-4-7-11(8-5-2)10(12)13-9-6-3;1-4-2-6-3-5-1/h4-9H2,1-3H3;1-3H. The minimum Gasteiger partial charge on any atom is -0.449 e. The Morgan fingerprint density at radius 2 is 1.42 bits per heavy atom. The van der Waals surface area contributed by atoms with E-state index in [4.69, 9.17) is 4.74 Å². The lowest BCUT2D eigenvalue weighted by atomic mass is 10.4. The molecule has 6 heteroatoms. The van der Waals surface area contributed by atoms with Gasteiger partial charge in [0.05, 0.1) is 6.61 Å². The highest BCUT2D eigenvalue weighted by Crippen LogP contribution is 1.98. The van der Waals surface area contributed by atoms with Crippen molar-refractivity contribution >= 4 is 6.09 Å². The summed E-state index contributed by atoms with van der Waals surface area (Å²) >= 11 is 0. The van der Waals surface area contributed by atoms with Crippen LogP contribution in [0.3, 0.4) is 0 Å². The van der Waals surface area contributed by atoms with Crippen molar-refractivity contribution < 1.29 is 9.53 Å². The largest absolute Gasteiger partial charge is 0.449 e. The second-order valence-electron chi connectivity index (χ2n) is 3.90. The highest BCUT2D eigenvalue weighted by atomic mass is 16.6. The van der Waals surface area contributed by atoms with Gasteiger partial charge >= 0.3 is 6.09 Å². The normalized spacial score (nSPS) is 9.21. The third-order valence-electron chi connectivity index (χ3n) is 2.07. The maximum Gasteiger partial charge on any atom is 0.409 e. The number of ether oxygens (including phenoxy) is 1. The molecular weight excluding hydrogens is 244 g/mol. The van der Waals surface area contributed by atoms with Crippen LogP contribution in [0.15, 0.2) is 19.0 Å². The summed E-state index contributed by atoms with van der Waals surface area (Å²) in [5.74, 6) is 0. The van der Waals surface area contributed by atoms with Crippen molar-refractivity contribution in [1.29, 1.82) is 0 Å². The molecule has 0 N–H and O–H groups in total. The van der Waals surface area contributed by atoms with E-state index in [1.165, 1.54) is 19.0 Å². The number of carbonyl (C=O) groups is 1. The first kappa shape index (κ1) is 17.3. The van der Waals surface area contributed by atoms with E-state index in [-0.39, 0.29) is 6.09 Å². The predicted octanol–water partition coefficient (Wildman–Crippen LogP) is 2.53. The van der Waals surface area contributed by atoms with E-state index >= 15 is 0 Å². The number of aromatic nitrogens is 3. The zero-order chi connectivity index (χ0) is 14.3. The van der Waals surface area contributed by atoms with Crippen molar-refractivity contribution in [2.75, 3.05) is 19.7 Å². The smallest absolute Gasteiger partial charge is 0.409 e. The monoisotopic (exact) mass is 268 g/mol. The highest BCUT2D eigenvalue weighted by Gasteiger charge is 2.11. The third kappa shape index (κ3) is 9.93. The van der Waals surface area contributed by atoms with Crippen LogP contribution in [0.25, 0.3) is 0 Å². The van der Waals surface area contributed by atoms with Gasteiger partial charge in [-0.05, 0) is 19.3 Å². The Morgan fingerprint density at radius 3 is 1.74 bits per heavy atom. The molecule has 0 bridgehead atoms. The fourth-order valence-corrected chi connectivity index (χ4v) is 1.32. The maximum atomic E-state index is 11.4.